The summed E-state index contributed by atoms with van der Waals surface area (Å²) < 4.78 is 91.3. The van der Waals surface area contributed by atoms with E-state index in [2.05, 4.69) is 19.9 Å². The van der Waals surface area contributed by atoms with E-state index in [1.165, 1.54) is 16.6 Å². The second kappa shape index (κ2) is 9.65. The molecule has 3 aliphatic rings. The lowest BCUT2D eigenvalue weighted by Crippen LogP contribution is -2.66. The highest BCUT2D eigenvalue weighted by Crippen LogP contribution is 2.49. The molecule has 0 bridgehead atoms. The highest BCUT2D eigenvalue weighted by Gasteiger charge is 2.53. The van der Waals surface area contributed by atoms with Gasteiger partial charge in [-0.2, -0.15) is 17.5 Å². The minimum atomic E-state index is -4.44. The highest BCUT2D eigenvalue weighted by molar-refractivity contribution is 7.89. The summed E-state index contributed by atoms with van der Waals surface area (Å²) in [7, 11) is -6.87. The number of alkyl halides is 3. The van der Waals surface area contributed by atoms with Gasteiger partial charge in [0.15, 0.2) is 0 Å². The van der Waals surface area contributed by atoms with Crippen molar-refractivity contribution < 1.29 is 30.0 Å². The van der Waals surface area contributed by atoms with Crippen molar-refractivity contribution in [1.82, 2.24) is 14.0 Å². The maximum atomic E-state index is 13.2. The van der Waals surface area contributed by atoms with E-state index < -0.39 is 31.8 Å². The molecule has 2 N–H and O–H groups in total. The lowest BCUT2D eigenvalue weighted by Gasteiger charge is -2.59. The van der Waals surface area contributed by atoms with Gasteiger partial charge in [0.25, 0.3) is 0 Å². The SMILES string of the molecule is CS(=O)(=O)NC1CC2(C1)CN(c1ccc(S(=O)(=O)N3CCC(Nc4ccc(C(F)(F)F)cn4)CC3)cc1)C2. The molecule has 2 saturated heterocycles. The molecular formula is C24H30F3N5O4S2. The van der Waals surface area contributed by atoms with E-state index >= 15 is 0 Å². The second-order valence-corrected chi connectivity index (χ2v) is 14.3. The third kappa shape index (κ3) is 5.77. The van der Waals surface area contributed by atoms with Gasteiger partial charge in [-0.15, -0.1) is 0 Å². The number of nitrogens with one attached hydrogen (secondary N) is 2. The van der Waals surface area contributed by atoms with Gasteiger partial charge in [0.05, 0.1) is 16.7 Å². The van der Waals surface area contributed by atoms with Crippen molar-refractivity contribution in [3.63, 3.8) is 0 Å². The number of nitrogens with zero attached hydrogens (tertiary/aromatic N) is 3. The number of hydrogen-bond acceptors (Lipinski definition) is 7. The smallest absolute Gasteiger partial charge is 0.370 e. The summed E-state index contributed by atoms with van der Waals surface area (Å²) in [6, 6.07) is 8.98. The number of aromatic nitrogens is 1. The Morgan fingerprint density at radius 1 is 0.947 bits per heavy atom. The number of benzene rings is 1. The van der Waals surface area contributed by atoms with E-state index in [9.17, 15) is 30.0 Å². The molecule has 1 aliphatic carbocycles. The quantitative estimate of drug-likeness (QED) is 0.524. The maximum absolute atomic E-state index is 13.2. The number of sulfonamides is 2. The molecule has 1 saturated carbocycles. The zero-order valence-electron chi connectivity index (χ0n) is 20.8. The van der Waals surface area contributed by atoms with E-state index in [0.29, 0.717) is 31.7 Å². The number of anilines is 2. The van der Waals surface area contributed by atoms with Crippen LogP contribution in [0.3, 0.4) is 0 Å². The molecule has 1 spiro atoms. The average molecular weight is 574 g/mol. The van der Waals surface area contributed by atoms with Gasteiger partial charge in [-0.05, 0) is 62.1 Å². The van der Waals surface area contributed by atoms with Crippen LogP contribution in [0.15, 0.2) is 47.5 Å². The molecule has 38 heavy (non-hydrogen) atoms. The maximum Gasteiger partial charge on any atom is 0.417 e. The fourth-order valence-electron chi connectivity index (χ4n) is 5.65. The zero-order chi connectivity index (χ0) is 27.3. The molecule has 2 aromatic rings. The van der Waals surface area contributed by atoms with Crippen LogP contribution in [0, 0.1) is 5.41 Å². The number of halogens is 3. The van der Waals surface area contributed by atoms with Crippen LogP contribution in [0.1, 0.15) is 31.2 Å². The van der Waals surface area contributed by atoms with Crippen molar-refractivity contribution in [1.29, 1.82) is 0 Å². The molecule has 14 heteroatoms. The monoisotopic (exact) mass is 573 g/mol. The Hall–Kier alpha value is -2.42. The summed E-state index contributed by atoms with van der Waals surface area (Å²) >= 11 is 0. The standard InChI is InChI=1S/C24H30F3N5O4S2/c1-37(33,34)30-19-12-23(13-19)15-31(16-23)20-3-5-21(6-4-20)38(35,36)32-10-8-18(9-11-32)29-22-7-2-17(14-28-22)24(25,26)27/h2-7,14,18-19,30H,8-13,15-16H2,1H3,(H,28,29). The molecule has 3 heterocycles. The van der Waals surface area contributed by atoms with Gasteiger partial charge >= 0.3 is 6.18 Å². The summed E-state index contributed by atoms with van der Waals surface area (Å²) in [5, 5.41) is 3.09. The third-order valence-electron chi connectivity index (χ3n) is 7.53. The predicted molar refractivity (Wildman–Crippen MR) is 137 cm³/mol. The van der Waals surface area contributed by atoms with Crippen molar-refractivity contribution in [2.75, 3.05) is 42.7 Å². The Morgan fingerprint density at radius 3 is 2.11 bits per heavy atom. The molecule has 1 aromatic carbocycles. The number of pyridine rings is 1. The van der Waals surface area contributed by atoms with Crippen LogP contribution in [-0.4, -0.2) is 70.6 Å². The van der Waals surface area contributed by atoms with Crippen molar-refractivity contribution in [2.45, 2.75) is 48.8 Å². The molecule has 0 unspecified atom stereocenters. The molecule has 0 amide bonds. The van der Waals surface area contributed by atoms with Crippen LogP contribution in [0.5, 0.6) is 0 Å². The first kappa shape index (κ1) is 27.2. The molecular weight excluding hydrogens is 543 g/mol. The van der Waals surface area contributed by atoms with Gasteiger partial charge in [0, 0.05) is 55.6 Å². The number of rotatable bonds is 7. The second-order valence-electron chi connectivity index (χ2n) is 10.6. The Kier molecular flexibility index (Phi) is 6.89. The average Bonchev–Trinajstić information content (AvgIpc) is 2.79. The topological polar surface area (TPSA) is 112 Å². The van der Waals surface area contributed by atoms with E-state index in [4.69, 9.17) is 0 Å². The molecule has 5 rings (SSSR count). The van der Waals surface area contributed by atoms with E-state index in [-0.39, 0.29) is 22.4 Å². The van der Waals surface area contributed by atoms with Gasteiger partial charge in [0.2, 0.25) is 20.0 Å². The Morgan fingerprint density at radius 2 is 1.58 bits per heavy atom. The van der Waals surface area contributed by atoms with Crippen molar-refractivity contribution in [3.8, 4) is 0 Å². The molecule has 2 aliphatic heterocycles. The van der Waals surface area contributed by atoms with Crippen molar-refractivity contribution >= 4 is 31.6 Å². The van der Waals surface area contributed by atoms with Gasteiger partial charge in [-0.25, -0.2) is 26.5 Å². The van der Waals surface area contributed by atoms with Crippen LogP contribution < -0.4 is 14.9 Å². The van der Waals surface area contributed by atoms with Crippen LogP contribution in [-0.2, 0) is 26.2 Å². The fraction of sp³-hybridized carbons (Fsp3) is 0.542. The fourth-order valence-corrected chi connectivity index (χ4v) is 7.89. The molecule has 0 atom stereocenters. The van der Waals surface area contributed by atoms with Crippen LogP contribution >= 0.6 is 0 Å². The first-order valence-corrected chi connectivity index (χ1v) is 15.7. The van der Waals surface area contributed by atoms with E-state index in [1.807, 2.05) is 0 Å². The third-order valence-corrected chi connectivity index (χ3v) is 10.2. The zero-order valence-corrected chi connectivity index (χ0v) is 22.4. The summed E-state index contributed by atoms with van der Waals surface area (Å²) in [5.41, 5.74) is 0.240. The minimum absolute atomic E-state index is 0.00907. The Bertz CT molecular complexity index is 1360. The largest absolute Gasteiger partial charge is 0.417 e. The Labute approximate surface area is 220 Å². The summed E-state index contributed by atoms with van der Waals surface area (Å²) in [6.45, 7) is 2.21. The van der Waals surface area contributed by atoms with Gasteiger partial charge in [-0.3, -0.25) is 0 Å². The highest BCUT2D eigenvalue weighted by atomic mass is 32.2. The molecule has 208 valence electrons. The van der Waals surface area contributed by atoms with Gasteiger partial charge in [0.1, 0.15) is 5.82 Å². The lowest BCUT2D eigenvalue weighted by molar-refractivity contribution is -0.137. The lowest BCUT2D eigenvalue weighted by atomic mass is 9.61. The predicted octanol–water partition coefficient (Wildman–Crippen LogP) is 2.88. The summed E-state index contributed by atoms with van der Waals surface area (Å²) in [6.07, 6.45) is 0.132. The summed E-state index contributed by atoms with van der Waals surface area (Å²) in [5.74, 6) is 0.326. The Balaban J connectivity index is 1.11. The summed E-state index contributed by atoms with van der Waals surface area (Å²) in [4.78, 5) is 6.21. The normalized spacial score (nSPS) is 21.2. The van der Waals surface area contributed by atoms with Crippen molar-refractivity contribution in [3.05, 3.63) is 48.2 Å². The molecule has 1 aromatic heterocycles. The van der Waals surface area contributed by atoms with Gasteiger partial charge < -0.3 is 10.2 Å². The van der Waals surface area contributed by atoms with E-state index in [1.54, 1.807) is 24.3 Å². The number of piperidine rings is 1. The number of hydrogen-bond donors (Lipinski definition) is 2. The van der Waals surface area contributed by atoms with Gasteiger partial charge in [-0.1, -0.05) is 0 Å². The first-order chi connectivity index (χ1) is 17.7. The van der Waals surface area contributed by atoms with Crippen molar-refractivity contribution in [2.24, 2.45) is 5.41 Å². The molecule has 3 fully saturated rings. The first-order valence-electron chi connectivity index (χ1n) is 12.3. The van der Waals surface area contributed by atoms with E-state index in [0.717, 1.165) is 43.9 Å². The van der Waals surface area contributed by atoms with Crippen LogP contribution in [0.4, 0.5) is 24.7 Å². The van der Waals surface area contributed by atoms with Crippen LogP contribution in [0.2, 0.25) is 0 Å². The van der Waals surface area contributed by atoms with Crippen LogP contribution in [0.25, 0.3) is 0 Å². The molecule has 0 radical (unpaired) electrons. The minimum Gasteiger partial charge on any atom is -0.370 e. The molecule has 9 nitrogen and oxygen atoms in total.